The van der Waals surface area contributed by atoms with Crippen molar-refractivity contribution in [2.24, 2.45) is 0 Å². The maximum atomic E-state index is 11.6. The van der Waals surface area contributed by atoms with Crippen LogP contribution in [-0.2, 0) is 4.79 Å². The Morgan fingerprint density at radius 3 is 2.69 bits per heavy atom. The average molecular weight is 238 g/mol. The number of likely N-dealkylation sites (N-methyl/N-ethyl adjacent to an activating group) is 1. The molecule has 0 saturated heterocycles. The molecule has 0 aromatic heterocycles. The Morgan fingerprint density at radius 2 is 2.06 bits per heavy atom. The van der Waals surface area contributed by atoms with Crippen molar-refractivity contribution >= 4 is 24.4 Å². The van der Waals surface area contributed by atoms with Gasteiger partial charge in [-0.05, 0) is 25.1 Å². The first-order chi connectivity index (χ1) is 7.63. The Kier molecular flexibility index (Phi) is 4.85. The fraction of sp³-hybridized carbons (Fsp3) is 0.273. The number of rotatable bonds is 4. The molecule has 0 radical (unpaired) electrons. The molecule has 0 fully saturated rings. The van der Waals surface area contributed by atoms with Gasteiger partial charge < -0.3 is 10.6 Å². The van der Waals surface area contributed by atoms with Crippen LogP contribution >= 0.6 is 12.6 Å². The minimum absolute atomic E-state index is 0.0104. The van der Waals surface area contributed by atoms with Gasteiger partial charge in [-0.15, -0.1) is 12.6 Å². The van der Waals surface area contributed by atoms with E-state index in [1.54, 1.807) is 24.3 Å². The monoisotopic (exact) mass is 238 g/mol. The highest BCUT2D eigenvalue weighted by atomic mass is 32.1. The van der Waals surface area contributed by atoms with Crippen LogP contribution in [0.1, 0.15) is 17.3 Å². The van der Waals surface area contributed by atoms with Crippen molar-refractivity contribution in [1.29, 1.82) is 0 Å². The first-order valence-corrected chi connectivity index (χ1v) is 5.42. The Hall–Kier alpha value is -1.49. The number of hydrogen-bond acceptors (Lipinski definition) is 3. The summed E-state index contributed by atoms with van der Waals surface area (Å²) in [5, 5.41) is 5.12. The van der Waals surface area contributed by atoms with Crippen LogP contribution in [0.4, 0.5) is 0 Å². The maximum Gasteiger partial charge on any atom is 0.251 e. The molecule has 0 unspecified atom stereocenters. The van der Waals surface area contributed by atoms with E-state index in [0.717, 1.165) is 0 Å². The van der Waals surface area contributed by atoms with Gasteiger partial charge in [-0.3, -0.25) is 9.59 Å². The molecule has 0 atom stereocenters. The predicted molar refractivity (Wildman–Crippen MR) is 64.7 cm³/mol. The third-order valence-electron chi connectivity index (χ3n) is 1.89. The number of carbonyl (C=O) groups is 2. The second-order valence-corrected chi connectivity index (χ2v) is 3.70. The van der Waals surface area contributed by atoms with E-state index in [1.165, 1.54) is 0 Å². The van der Waals surface area contributed by atoms with Crippen LogP contribution in [-0.4, -0.2) is 24.9 Å². The van der Waals surface area contributed by atoms with Crippen LogP contribution in [0.15, 0.2) is 29.2 Å². The van der Waals surface area contributed by atoms with Gasteiger partial charge in [-0.25, -0.2) is 0 Å². The Labute approximate surface area is 99.8 Å². The predicted octanol–water partition coefficient (Wildman–Crippen LogP) is 0.841. The molecule has 1 aromatic rings. The lowest BCUT2D eigenvalue weighted by Gasteiger charge is -2.05. The van der Waals surface area contributed by atoms with Gasteiger partial charge in [-0.1, -0.05) is 6.07 Å². The topological polar surface area (TPSA) is 58.2 Å². The highest BCUT2D eigenvalue weighted by molar-refractivity contribution is 7.80. The second-order valence-electron chi connectivity index (χ2n) is 3.19. The van der Waals surface area contributed by atoms with Gasteiger partial charge in [0, 0.05) is 17.0 Å². The van der Waals surface area contributed by atoms with Crippen molar-refractivity contribution in [3.8, 4) is 0 Å². The molecule has 86 valence electrons. The Morgan fingerprint density at radius 1 is 1.31 bits per heavy atom. The van der Waals surface area contributed by atoms with Gasteiger partial charge in [0.25, 0.3) is 5.91 Å². The smallest absolute Gasteiger partial charge is 0.251 e. The van der Waals surface area contributed by atoms with Crippen LogP contribution in [0.5, 0.6) is 0 Å². The van der Waals surface area contributed by atoms with Gasteiger partial charge >= 0.3 is 0 Å². The van der Waals surface area contributed by atoms with Gasteiger partial charge in [-0.2, -0.15) is 0 Å². The standard InChI is InChI=1S/C11H14N2O2S/c1-2-12-10(14)7-13-11(15)8-4-3-5-9(16)6-8/h3-6,16H,2,7H2,1H3,(H,12,14)(H,13,15). The maximum absolute atomic E-state index is 11.6. The molecule has 0 aliphatic carbocycles. The zero-order chi connectivity index (χ0) is 12.0. The Balaban J connectivity index is 2.50. The minimum atomic E-state index is -0.276. The van der Waals surface area contributed by atoms with Crippen molar-refractivity contribution < 1.29 is 9.59 Å². The van der Waals surface area contributed by atoms with Gasteiger partial charge in [0.15, 0.2) is 0 Å². The fourth-order valence-corrected chi connectivity index (χ4v) is 1.39. The van der Waals surface area contributed by atoms with E-state index in [0.29, 0.717) is 17.0 Å². The number of nitrogens with one attached hydrogen (secondary N) is 2. The summed E-state index contributed by atoms with van der Waals surface area (Å²) in [7, 11) is 0. The van der Waals surface area contributed by atoms with E-state index in [1.807, 2.05) is 6.92 Å². The first-order valence-electron chi connectivity index (χ1n) is 4.97. The summed E-state index contributed by atoms with van der Waals surface area (Å²) in [4.78, 5) is 23.4. The summed E-state index contributed by atoms with van der Waals surface area (Å²) in [6, 6.07) is 6.84. The van der Waals surface area contributed by atoms with E-state index in [2.05, 4.69) is 23.3 Å². The van der Waals surface area contributed by atoms with Gasteiger partial charge in [0.2, 0.25) is 5.91 Å². The molecule has 0 spiro atoms. The molecule has 4 nitrogen and oxygen atoms in total. The van der Waals surface area contributed by atoms with Crippen LogP contribution in [0.3, 0.4) is 0 Å². The van der Waals surface area contributed by atoms with E-state index < -0.39 is 0 Å². The van der Waals surface area contributed by atoms with Crippen LogP contribution in [0, 0.1) is 0 Å². The molecular formula is C11H14N2O2S. The second kappa shape index (κ2) is 6.17. The van der Waals surface area contributed by atoms with Crippen LogP contribution in [0.2, 0.25) is 0 Å². The van der Waals surface area contributed by atoms with E-state index in [-0.39, 0.29) is 18.4 Å². The lowest BCUT2D eigenvalue weighted by atomic mass is 10.2. The van der Waals surface area contributed by atoms with Crippen LogP contribution in [0.25, 0.3) is 0 Å². The molecule has 0 aliphatic heterocycles. The molecule has 16 heavy (non-hydrogen) atoms. The molecule has 0 bridgehead atoms. The summed E-state index contributed by atoms with van der Waals surface area (Å²) in [5.74, 6) is -0.472. The number of benzene rings is 1. The normalized spacial score (nSPS) is 9.62. The molecular weight excluding hydrogens is 224 g/mol. The number of hydrogen-bond donors (Lipinski definition) is 3. The molecule has 5 heteroatoms. The quantitative estimate of drug-likeness (QED) is 0.681. The number of carbonyl (C=O) groups excluding carboxylic acids is 2. The summed E-state index contributed by atoms with van der Waals surface area (Å²) in [5.41, 5.74) is 0.497. The molecule has 0 saturated carbocycles. The van der Waals surface area contributed by atoms with E-state index >= 15 is 0 Å². The molecule has 2 N–H and O–H groups in total. The number of amides is 2. The highest BCUT2D eigenvalue weighted by Gasteiger charge is 2.06. The van der Waals surface area contributed by atoms with Crippen molar-refractivity contribution in [1.82, 2.24) is 10.6 Å². The summed E-state index contributed by atoms with van der Waals surface area (Å²) in [6.07, 6.45) is 0. The third-order valence-corrected chi connectivity index (χ3v) is 2.17. The van der Waals surface area contributed by atoms with E-state index in [9.17, 15) is 9.59 Å². The van der Waals surface area contributed by atoms with Crippen molar-refractivity contribution in [2.75, 3.05) is 13.1 Å². The molecule has 0 aliphatic rings. The third kappa shape index (κ3) is 3.94. The summed E-state index contributed by atoms with van der Waals surface area (Å²) < 4.78 is 0. The van der Waals surface area contributed by atoms with Crippen LogP contribution < -0.4 is 10.6 Å². The lowest BCUT2D eigenvalue weighted by molar-refractivity contribution is -0.120. The lowest BCUT2D eigenvalue weighted by Crippen LogP contribution is -2.36. The van der Waals surface area contributed by atoms with Gasteiger partial charge in [0.1, 0.15) is 0 Å². The minimum Gasteiger partial charge on any atom is -0.355 e. The summed E-state index contributed by atoms with van der Waals surface area (Å²) in [6.45, 7) is 2.37. The molecule has 1 rings (SSSR count). The molecule has 1 aromatic carbocycles. The molecule has 0 heterocycles. The zero-order valence-electron chi connectivity index (χ0n) is 8.99. The van der Waals surface area contributed by atoms with E-state index in [4.69, 9.17) is 0 Å². The Bertz CT molecular complexity index is 393. The SMILES string of the molecule is CCNC(=O)CNC(=O)c1cccc(S)c1. The molecule has 2 amide bonds. The number of thiol groups is 1. The summed E-state index contributed by atoms with van der Waals surface area (Å²) >= 11 is 4.13. The fourth-order valence-electron chi connectivity index (χ4n) is 1.17. The van der Waals surface area contributed by atoms with Gasteiger partial charge in [0.05, 0.1) is 6.54 Å². The first kappa shape index (κ1) is 12.6. The average Bonchev–Trinajstić information content (AvgIpc) is 2.26. The van der Waals surface area contributed by atoms with Crippen molar-refractivity contribution in [3.05, 3.63) is 29.8 Å². The largest absolute Gasteiger partial charge is 0.355 e. The highest BCUT2D eigenvalue weighted by Crippen LogP contribution is 2.08. The van der Waals surface area contributed by atoms with Crippen molar-refractivity contribution in [3.63, 3.8) is 0 Å². The zero-order valence-corrected chi connectivity index (χ0v) is 9.88. The van der Waals surface area contributed by atoms with Crippen molar-refractivity contribution in [2.45, 2.75) is 11.8 Å².